The van der Waals surface area contributed by atoms with Crippen LogP contribution in [0.4, 0.5) is 0 Å². The Morgan fingerprint density at radius 3 is 2.19 bits per heavy atom. The summed E-state index contributed by atoms with van der Waals surface area (Å²) in [6, 6.07) is 0. The van der Waals surface area contributed by atoms with Gasteiger partial charge in [-0.15, -0.1) is 0 Å². The quantitative estimate of drug-likeness (QED) is 0.401. The van der Waals surface area contributed by atoms with Gasteiger partial charge in [-0.2, -0.15) is 0 Å². The molecule has 0 amide bonds. The van der Waals surface area contributed by atoms with Gasteiger partial charge in [0.1, 0.15) is 15.6 Å². The summed E-state index contributed by atoms with van der Waals surface area (Å²) < 4.78 is 5.47. The van der Waals surface area contributed by atoms with Gasteiger partial charge < -0.3 is 14.9 Å². The van der Waals surface area contributed by atoms with Gasteiger partial charge in [0.2, 0.25) is 0 Å². The smallest absolute Gasteiger partial charge is 0.319 e. The van der Waals surface area contributed by atoms with Gasteiger partial charge in [0.05, 0.1) is 5.60 Å². The fraction of sp³-hybridized carbons (Fsp3) is 0.938. The number of ether oxygens (including phenoxy) is 1. The van der Waals surface area contributed by atoms with E-state index < -0.39 is 17.3 Å². The topological polar surface area (TPSA) is 66.8 Å². The highest BCUT2D eigenvalue weighted by molar-refractivity contribution is 14.1. The van der Waals surface area contributed by atoms with Crippen molar-refractivity contribution in [1.29, 1.82) is 0 Å². The van der Waals surface area contributed by atoms with E-state index in [9.17, 15) is 15.0 Å². The molecule has 0 heterocycles. The summed E-state index contributed by atoms with van der Waals surface area (Å²) in [6.45, 7) is 1.95. The predicted molar refractivity (Wildman–Crippen MR) is 89.4 cm³/mol. The molecule has 2 atom stereocenters. The summed E-state index contributed by atoms with van der Waals surface area (Å²) >= 11 is 2.08. The largest absolute Gasteiger partial charge is 0.458 e. The van der Waals surface area contributed by atoms with Crippen molar-refractivity contribution >= 4 is 28.6 Å². The van der Waals surface area contributed by atoms with Crippen molar-refractivity contribution in [1.82, 2.24) is 0 Å². The number of hydrogen-bond acceptors (Lipinski definition) is 4. The van der Waals surface area contributed by atoms with E-state index in [-0.39, 0.29) is 9.89 Å². The van der Waals surface area contributed by atoms with Crippen molar-refractivity contribution < 1.29 is 19.7 Å². The molecule has 2 aliphatic rings. The van der Waals surface area contributed by atoms with Crippen molar-refractivity contribution in [3.05, 3.63) is 0 Å². The highest BCUT2D eigenvalue weighted by Crippen LogP contribution is 2.41. The minimum Gasteiger partial charge on any atom is -0.458 e. The molecule has 122 valence electrons. The van der Waals surface area contributed by atoms with E-state index >= 15 is 0 Å². The highest BCUT2D eigenvalue weighted by Gasteiger charge is 2.47. The molecule has 2 rings (SSSR count). The Morgan fingerprint density at radius 1 is 1.14 bits per heavy atom. The molecule has 0 aromatic carbocycles. The fourth-order valence-corrected chi connectivity index (χ4v) is 3.76. The van der Waals surface area contributed by atoms with E-state index in [1.54, 1.807) is 0 Å². The van der Waals surface area contributed by atoms with Crippen LogP contribution in [0.1, 0.15) is 71.1 Å². The molecule has 0 aromatic rings. The Balaban J connectivity index is 2.08. The maximum atomic E-state index is 12.1. The number of alkyl halides is 1. The van der Waals surface area contributed by atoms with Crippen molar-refractivity contribution in [3.63, 3.8) is 0 Å². The maximum absolute atomic E-state index is 12.1. The minimum atomic E-state index is -0.946. The monoisotopic (exact) mass is 410 g/mol. The lowest BCUT2D eigenvalue weighted by Crippen LogP contribution is -2.48. The summed E-state index contributed by atoms with van der Waals surface area (Å²) in [7, 11) is 0. The van der Waals surface area contributed by atoms with Crippen LogP contribution in [0.3, 0.4) is 0 Å². The lowest BCUT2D eigenvalue weighted by Gasteiger charge is -2.37. The number of carbonyl (C=O) groups is 1. The summed E-state index contributed by atoms with van der Waals surface area (Å²) in [6.07, 6.45) is 7.31. The van der Waals surface area contributed by atoms with E-state index in [0.29, 0.717) is 19.3 Å². The molecule has 4 nitrogen and oxygen atoms in total. The van der Waals surface area contributed by atoms with Gasteiger partial charge in [-0.25, -0.2) is 0 Å². The second kappa shape index (κ2) is 7.13. The van der Waals surface area contributed by atoms with Crippen LogP contribution in [-0.4, -0.2) is 37.4 Å². The zero-order valence-corrected chi connectivity index (χ0v) is 15.0. The number of rotatable bonds is 6. The summed E-state index contributed by atoms with van der Waals surface area (Å²) in [5.41, 5.74) is -1.71. The Hall–Kier alpha value is 0.120. The van der Waals surface area contributed by atoms with Crippen LogP contribution in [0.2, 0.25) is 0 Å². The van der Waals surface area contributed by atoms with E-state index in [1.807, 2.05) is 6.92 Å². The van der Waals surface area contributed by atoms with Crippen LogP contribution < -0.4 is 0 Å². The van der Waals surface area contributed by atoms with Gasteiger partial charge in [-0.05, 0) is 32.1 Å². The van der Waals surface area contributed by atoms with Crippen LogP contribution in [0.5, 0.6) is 0 Å². The predicted octanol–water partition coefficient (Wildman–Crippen LogP) is 3.11. The molecule has 21 heavy (non-hydrogen) atoms. The van der Waals surface area contributed by atoms with Crippen molar-refractivity contribution in [2.24, 2.45) is 0 Å². The summed E-state index contributed by atoms with van der Waals surface area (Å²) in [5, 5.41) is 21.5. The minimum absolute atomic E-state index is 0.187. The Morgan fingerprint density at radius 2 is 1.67 bits per heavy atom. The molecule has 2 unspecified atom stereocenters. The van der Waals surface area contributed by atoms with Crippen LogP contribution in [-0.2, 0) is 9.53 Å². The molecule has 0 aliphatic heterocycles. The molecular weight excluding hydrogens is 383 g/mol. The molecule has 2 fully saturated rings. The van der Waals surface area contributed by atoms with E-state index in [0.717, 1.165) is 44.9 Å². The highest BCUT2D eigenvalue weighted by atomic mass is 127. The van der Waals surface area contributed by atoms with E-state index in [2.05, 4.69) is 22.6 Å². The lowest BCUT2D eigenvalue weighted by atomic mass is 9.84. The number of hydrogen-bond donors (Lipinski definition) is 2. The SMILES string of the molecule is CCC(I)C(=O)OC(CC1(O)CCCC1)C1(O)CCCC1. The zero-order chi connectivity index (χ0) is 15.5. The van der Waals surface area contributed by atoms with Crippen LogP contribution in [0.15, 0.2) is 0 Å². The molecule has 2 saturated carbocycles. The molecule has 0 saturated heterocycles. The molecule has 2 N–H and O–H groups in total. The van der Waals surface area contributed by atoms with Crippen molar-refractivity contribution in [2.75, 3.05) is 0 Å². The summed E-state index contributed by atoms with van der Waals surface area (Å²) in [5.74, 6) is -0.259. The third-order valence-electron chi connectivity index (χ3n) is 5.04. The molecule has 0 spiro atoms. The van der Waals surface area contributed by atoms with Gasteiger partial charge in [-0.1, -0.05) is 55.2 Å². The van der Waals surface area contributed by atoms with Gasteiger partial charge in [-0.3, -0.25) is 4.79 Å². The molecule has 0 bridgehead atoms. The third-order valence-corrected chi connectivity index (χ3v) is 6.43. The second-order valence-corrected chi connectivity index (χ2v) is 8.25. The average Bonchev–Trinajstić information content (AvgIpc) is 3.07. The number of carbonyl (C=O) groups excluding carboxylic acids is 1. The lowest BCUT2D eigenvalue weighted by molar-refractivity contribution is -0.171. The van der Waals surface area contributed by atoms with Crippen molar-refractivity contribution in [2.45, 2.75) is 92.4 Å². The maximum Gasteiger partial charge on any atom is 0.319 e. The van der Waals surface area contributed by atoms with Gasteiger partial charge >= 0.3 is 5.97 Å². The third kappa shape index (κ3) is 4.32. The van der Waals surface area contributed by atoms with Crippen molar-refractivity contribution in [3.8, 4) is 0 Å². The van der Waals surface area contributed by atoms with Gasteiger partial charge in [0.25, 0.3) is 0 Å². The number of aliphatic hydroxyl groups is 2. The number of esters is 1. The van der Waals surface area contributed by atoms with Crippen LogP contribution >= 0.6 is 22.6 Å². The molecule has 0 radical (unpaired) electrons. The molecule has 0 aromatic heterocycles. The van der Waals surface area contributed by atoms with Gasteiger partial charge in [0.15, 0.2) is 0 Å². The van der Waals surface area contributed by atoms with E-state index in [1.165, 1.54) is 0 Å². The second-order valence-electron chi connectivity index (χ2n) is 6.75. The summed E-state index contributed by atoms with van der Waals surface area (Å²) in [4.78, 5) is 12.1. The first kappa shape index (κ1) is 17.5. The molecular formula is C16H27IO4. The average molecular weight is 410 g/mol. The Kier molecular flexibility index (Phi) is 5.93. The molecule has 2 aliphatic carbocycles. The first-order chi connectivity index (χ1) is 9.88. The van der Waals surface area contributed by atoms with Crippen LogP contribution in [0, 0.1) is 0 Å². The zero-order valence-electron chi connectivity index (χ0n) is 12.8. The molecule has 5 heteroatoms. The van der Waals surface area contributed by atoms with Crippen LogP contribution in [0.25, 0.3) is 0 Å². The standard InChI is InChI=1S/C16H27IO4/c1-2-12(17)14(18)21-13(16(20)9-5-6-10-16)11-15(19)7-3-4-8-15/h12-13,19-20H,2-11H2,1H3. The number of halogens is 1. The van der Waals surface area contributed by atoms with E-state index in [4.69, 9.17) is 4.74 Å². The van der Waals surface area contributed by atoms with Gasteiger partial charge in [0, 0.05) is 6.42 Å². The fourth-order valence-electron chi connectivity index (χ4n) is 3.61. The normalized spacial score (nSPS) is 26.5. The Bertz CT molecular complexity index is 359. The first-order valence-electron chi connectivity index (χ1n) is 8.18. The Labute approximate surface area is 140 Å². The first-order valence-corrected chi connectivity index (χ1v) is 9.42.